The fourth-order valence-electron chi connectivity index (χ4n) is 1.58. The first-order chi connectivity index (χ1) is 7.91. The molecule has 0 saturated carbocycles. The van der Waals surface area contributed by atoms with Crippen LogP contribution in [0.1, 0.15) is 27.0 Å². The molecule has 0 bridgehead atoms. The first-order valence-corrected chi connectivity index (χ1v) is 5.38. The minimum atomic E-state index is -2.54. The highest BCUT2D eigenvalue weighted by Gasteiger charge is 2.12. The Hall–Kier alpha value is -1.29. The molecule has 0 atom stereocenters. The number of benzene rings is 1. The second-order valence-electron chi connectivity index (χ2n) is 4.08. The molecule has 94 valence electrons. The Bertz CT molecular complexity index is 414. The summed E-state index contributed by atoms with van der Waals surface area (Å²) in [5, 5.41) is 0. The van der Waals surface area contributed by atoms with E-state index in [-0.39, 0.29) is 12.4 Å². The lowest BCUT2D eigenvalue weighted by atomic mass is 9.98. The van der Waals surface area contributed by atoms with Gasteiger partial charge in [-0.2, -0.15) is 0 Å². The Labute approximate surface area is 99.6 Å². The van der Waals surface area contributed by atoms with E-state index >= 15 is 0 Å². The van der Waals surface area contributed by atoms with Crippen LogP contribution in [0.5, 0.6) is 0 Å². The lowest BCUT2D eigenvalue weighted by Crippen LogP contribution is -2.14. The van der Waals surface area contributed by atoms with Crippen molar-refractivity contribution in [3.63, 3.8) is 0 Å². The predicted molar refractivity (Wildman–Crippen MR) is 61.8 cm³/mol. The van der Waals surface area contributed by atoms with Gasteiger partial charge < -0.3 is 4.74 Å². The van der Waals surface area contributed by atoms with E-state index in [9.17, 15) is 13.6 Å². The number of hydrogen-bond donors (Lipinski definition) is 0. The molecule has 0 spiro atoms. The van der Waals surface area contributed by atoms with E-state index in [1.165, 1.54) is 0 Å². The fourth-order valence-corrected chi connectivity index (χ4v) is 1.58. The van der Waals surface area contributed by atoms with E-state index in [4.69, 9.17) is 0 Å². The molecular formula is C13H16F2O2. The number of Topliss-reactive ketones (excluding diaryl/α,β-unsaturated/α-hetero) is 1. The van der Waals surface area contributed by atoms with Gasteiger partial charge in [-0.25, -0.2) is 8.78 Å². The topological polar surface area (TPSA) is 26.3 Å². The number of carbonyl (C=O) groups is 1. The molecule has 0 N–H and O–H groups in total. The highest BCUT2D eigenvalue weighted by Crippen LogP contribution is 2.16. The van der Waals surface area contributed by atoms with Gasteiger partial charge in [0.05, 0.1) is 0 Å². The Morgan fingerprint density at radius 2 is 1.76 bits per heavy atom. The molecular weight excluding hydrogens is 226 g/mol. The molecule has 1 aromatic rings. The fraction of sp³-hybridized carbons (Fsp3) is 0.462. The molecule has 0 aliphatic carbocycles. The maximum Gasteiger partial charge on any atom is 0.261 e. The lowest BCUT2D eigenvalue weighted by molar-refractivity contribution is 0.0196. The largest absolute Gasteiger partial charge is 0.367 e. The van der Waals surface area contributed by atoms with E-state index < -0.39 is 13.0 Å². The van der Waals surface area contributed by atoms with Crippen molar-refractivity contribution in [3.8, 4) is 0 Å². The van der Waals surface area contributed by atoms with Gasteiger partial charge in [0.2, 0.25) is 0 Å². The van der Waals surface area contributed by atoms with Crippen LogP contribution in [-0.4, -0.2) is 25.4 Å². The van der Waals surface area contributed by atoms with E-state index in [1.807, 2.05) is 26.8 Å². The third-order valence-electron chi connectivity index (χ3n) is 2.62. The number of ether oxygens (including phenoxy) is 1. The normalized spacial score (nSPS) is 10.9. The van der Waals surface area contributed by atoms with E-state index in [2.05, 4.69) is 4.74 Å². The SMILES string of the molecule is Cc1cc(C)c(C(=O)COCC(F)F)cc1C. The predicted octanol–water partition coefficient (Wildman–Crippen LogP) is 3.08. The Morgan fingerprint density at radius 3 is 2.35 bits per heavy atom. The highest BCUT2D eigenvalue weighted by molar-refractivity contribution is 5.98. The molecule has 0 fully saturated rings. The average Bonchev–Trinajstić information content (AvgIpc) is 2.22. The maximum absolute atomic E-state index is 11.8. The second kappa shape index (κ2) is 5.87. The summed E-state index contributed by atoms with van der Waals surface area (Å²) in [6.07, 6.45) is -2.54. The summed E-state index contributed by atoms with van der Waals surface area (Å²) in [6.45, 7) is 4.70. The number of hydrogen-bond acceptors (Lipinski definition) is 2. The standard InChI is InChI=1S/C13H16F2O2/c1-8-4-10(3)11(5-9(8)2)12(16)6-17-7-13(14)15/h4-5,13H,6-7H2,1-3H3. The van der Waals surface area contributed by atoms with Crippen LogP contribution in [-0.2, 0) is 4.74 Å². The summed E-state index contributed by atoms with van der Waals surface area (Å²) in [7, 11) is 0. The van der Waals surface area contributed by atoms with Crippen LogP contribution in [0, 0.1) is 20.8 Å². The van der Waals surface area contributed by atoms with Crippen molar-refractivity contribution in [2.24, 2.45) is 0 Å². The van der Waals surface area contributed by atoms with Crippen LogP contribution in [0.15, 0.2) is 12.1 Å². The summed E-state index contributed by atoms with van der Waals surface area (Å²) in [5.74, 6) is -0.258. The van der Waals surface area contributed by atoms with Gasteiger partial charge in [0, 0.05) is 5.56 Å². The molecule has 4 heteroatoms. The molecule has 0 aliphatic rings. The Morgan fingerprint density at radius 1 is 1.18 bits per heavy atom. The van der Waals surface area contributed by atoms with Crippen molar-refractivity contribution < 1.29 is 18.3 Å². The van der Waals surface area contributed by atoms with E-state index in [1.54, 1.807) is 6.07 Å². The van der Waals surface area contributed by atoms with E-state index in [0.717, 1.165) is 16.7 Å². The highest BCUT2D eigenvalue weighted by atomic mass is 19.3. The summed E-state index contributed by atoms with van der Waals surface area (Å²) in [6, 6.07) is 3.69. The number of ketones is 1. The molecule has 0 saturated heterocycles. The molecule has 0 heterocycles. The van der Waals surface area contributed by atoms with Crippen molar-refractivity contribution in [1.29, 1.82) is 0 Å². The van der Waals surface area contributed by atoms with Crippen LogP contribution in [0.2, 0.25) is 0 Å². The molecule has 0 aliphatic heterocycles. The molecule has 0 radical (unpaired) electrons. The van der Waals surface area contributed by atoms with Crippen molar-refractivity contribution in [1.82, 2.24) is 0 Å². The summed E-state index contributed by atoms with van der Waals surface area (Å²) in [5.41, 5.74) is 3.50. The molecule has 2 nitrogen and oxygen atoms in total. The number of halogens is 2. The summed E-state index contributed by atoms with van der Waals surface area (Å²) >= 11 is 0. The first-order valence-electron chi connectivity index (χ1n) is 5.38. The van der Waals surface area contributed by atoms with Gasteiger partial charge in [-0.15, -0.1) is 0 Å². The first kappa shape index (κ1) is 13.8. The zero-order chi connectivity index (χ0) is 13.0. The molecule has 17 heavy (non-hydrogen) atoms. The number of alkyl halides is 2. The zero-order valence-electron chi connectivity index (χ0n) is 10.2. The molecule has 0 amide bonds. The minimum Gasteiger partial charge on any atom is -0.367 e. The number of rotatable bonds is 5. The quantitative estimate of drug-likeness (QED) is 0.742. The van der Waals surface area contributed by atoms with Crippen molar-refractivity contribution >= 4 is 5.78 Å². The van der Waals surface area contributed by atoms with Gasteiger partial charge in [-0.05, 0) is 43.5 Å². The smallest absolute Gasteiger partial charge is 0.261 e. The van der Waals surface area contributed by atoms with Gasteiger partial charge in [-0.3, -0.25) is 4.79 Å². The van der Waals surface area contributed by atoms with Gasteiger partial charge >= 0.3 is 0 Å². The minimum absolute atomic E-state index is 0.258. The van der Waals surface area contributed by atoms with Gasteiger partial charge in [-0.1, -0.05) is 6.07 Å². The van der Waals surface area contributed by atoms with Crippen LogP contribution >= 0.6 is 0 Å². The van der Waals surface area contributed by atoms with Gasteiger partial charge in [0.25, 0.3) is 6.43 Å². The third kappa shape index (κ3) is 3.89. The van der Waals surface area contributed by atoms with Gasteiger partial charge in [0.1, 0.15) is 13.2 Å². The summed E-state index contributed by atoms with van der Waals surface area (Å²) in [4.78, 5) is 11.7. The average molecular weight is 242 g/mol. The number of carbonyl (C=O) groups excluding carboxylic acids is 1. The molecule has 0 aromatic heterocycles. The van der Waals surface area contributed by atoms with Gasteiger partial charge in [0.15, 0.2) is 5.78 Å². The molecule has 0 unspecified atom stereocenters. The zero-order valence-corrected chi connectivity index (χ0v) is 10.2. The maximum atomic E-state index is 11.8. The van der Waals surface area contributed by atoms with Crippen LogP contribution in [0.4, 0.5) is 8.78 Å². The molecule has 1 aromatic carbocycles. The van der Waals surface area contributed by atoms with Crippen molar-refractivity contribution in [2.45, 2.75) is 27.2 Å². The Balaban J connectivity index is 2.72. The second-order valence-corrected chi connectivity index (χ2v) is 4.08. The lowest BCUT2D eigenvalue weighted by Gasteiger charge is -2.09. The monoisotopic (exact) mass is 242 g/mol. The summed E-state index contributed by atoms with van der Waals surface area (Å²) < 4.78 is 28.3. The number of aryl methyl sites for hydroxylation is 3. The van der Waals surface area contributed by atoms with Crippen molar-refractivity contribution in [3.05, 3.63) is 34.4 Å². The van der Waals surface area contributed by atoms with Crippen molar-refractivity contribution in [2.75, 3.05) is 13.2 Å². The third-order valence-corrected chi connectivity index (χ3v) is 2.62. The van der Waals surface area contributed by atoms with Crippen LogP contribution in [0.3, 0.4) is 0 Å². The van der Waals surface area contributed by atoms with Crippen LogP contribution in [0.25, 0.3) is 0 Å². The van der Waals surface area contributed by atoms with E-state index in [0.29, 0.717) is 5.56 Å². The van der Waals surface area contributed by atoms with Crippen LogP contribution < -0.4 is 0 Å². The Kier molecular flexibility index (Phi) is 4.75. The molecule has 1 rings (SSSR count).